The van der Waals surface area contributed by atoms with Crippen LogP contribution in [0.5, 0.6) is 0 Å². The van der Waals surface area contributed by atoms with Crippen molar-refractivity contribution in [2.75, 3.05) is 5.32 Å². The molecule has 1 amide bonds. The molecule has 1 aromatic carbocycles. The van der Waals surface area contributed by atoms with E-state index in [1.807, 2.05) is 24.3 Å². The van der Waals surface area contributed by atoms with Crippen molar-refractivity contribution in [3.05, 3.63) is 46.4 Å². The summed E-state index contributed by atoms with van der Waals surface area (Å²) < 4.78 is 0.986. The van der Waals surface area contributed by atoms with E-state index in [-0.39, 0.29) is 11.5 Å². The Morgan fingerprint density at radius 1 is 1.25 bits per heavy atom. The van der Waals surface area contributed by atoms with Gasteiger partial charge in [0.25, 0.3) is 5.56 Å². The molecule has 0 saturated heterocycles. The molecule has 2 N–H and O–H groups in total. The number of hydrogen-bond donors (Lipinski definition) is 2. The SMILES string of the molecule is CC(=O)Nc1nc2ccc(-c3c[nH]c(=O)c(C)c3)cc2s1.CCC. The Bertz CT molecular complexity index is 912. The number of nitrogens with one attached hydrogen (secondary N) is 2. The molecule has 0 bridgehead atoms. The summed E-state index contributed by atoms with van der Waals surface area (Å²) in [4.78, 5) is 29.6. The topological polar surface area (TPSA) is 74.8 Å². The molecule has 2 heterocycles. The molecule has 5 nitrogen and oxygen atoms in total. The number of aryl methyl sites for hydroxylation is 1. The summed E-state index contributed by atoms with van der Waals surface area (Å²) in [6, 6.07) is 7.72. The van der Waals surface area contributed by atoms with Crippen molar-refractivity contribution in [2.24, 2.45) is 0 Å². The molecule has 2 aromatic heterocycles. The Morgan fingerprint density at radius 3 is 2.58 bits per heavy atom. The smallest absolute Gasteiger partial charge is 0.250 e. The van der Waals surface area contributed by atoms with Crippen molar-refractivity contribution in [1.29, 1.82) is 0 Å². The molecule has 6 heteroatoms. The van der Waals surface area contributed by atoms with Crippen molar-refractivity contribution >= 4 is 32.6 Å². The van der Waals surface area contributed by atoms with Gasteiger partial charge in [-0.25, -0.2) is 4.98 Å². The number of thiazole rings is 1. The maximum absolute atomic E-state index is 11.4. The highest BCUT2D eigenvalue weighted by atomic mass is 32.1. The van der Waals surface area contributed by atoms with Crippen LogP contribution in [0.1, 0.15) is 32.8 Å². The molecule has 0 aliphatic carbocycles. The first-order valence-electron chi connectivity index (χ1n) is 7.82. The third kappa shape index (κ3) is 4.29. The number of hydrogen-bond acceptors (Lipinski definition) is 4. The molecule has 0 aliphatic heterocycles. The molecule has 126 valence electrons. The summed E-state index contributed by atoms with van der Waals surface area (Å²) in [5.74, 6) is -0.134. The summed E-state index contributed by atoms with van der Waals surface area (Å²) in [6.45, 7) is 7.49. The summed E-state index contributed by atoms with van der Waals surface area (Å²) in [7, 11) is 0. The molecule has 0 unspecified atom stereocenters. The summed E-state index contributed by atoms with van der Waals surface area (Å²) >= 11 is 1.43. The number of aromatic amines is 1. The molecule has 0 radical (unpaired) electrons. The summed E-state index contributed by atoms with van der Waals surface area (Å²) in [5, 5.41) is 3.28. The largest absolute Gasteiger partial charge is 0.328 e. The van der Waals surface area contributed by atoms with Crippen LogP contribution in [0.2, 0.25) is 0 Å². The number of aromatic nitrogens is 2. The Balaban J connectivity index is 0.000000647. The van der Waals surface area contributed by atoms with Crippen molar-refractivity contribution in [3.63, 3.8) is 0 Å². The van der Waals surface area contributed by atoms with Gasteiger partial charge in [-0.1, -0.05) is 37.7 Å². The molecule has 3 aromatic rings. The van der Waals surface area contributed by atoms with E-state index < -0.39 is 0 Å². The number of nitrogens with zero attached hydrogens (tertiary/aromatic N) is 1. The van der Waals surface area contributed by atoms with Gasteiger partial charge >= 0.3 is 0 Å². The van der Waals surface area contributed by atoms with Gasteiger partial charge in [0.2, 0.25) is 5.91 Å². The van der Waals surface area contributed by atoms with Gasteiger partial charge < -0.3 is 10.3 Å². The van der Waals surface area contributed by atoms with Gasteiger partial charge in [-0.05, 0) is 36.2 Å². The van der Waals surface area contributed by atoms with E-state index in [9.17, 15) is 9.59 Å². The minimum atomic E-state index is -0.134. The molecule has 0 aliphatic rings. The van der Waals surface area contributed by atoms with Gasteiger partial charge in [0.1, 0.15) is 0 Å². The van der Waals surface area contributed by atoms with Gasteiger partial charge in [-0.15, -0.1) is 0 Å². The number of carbonyl (C=O) groups excluding carboxylic acids is 1. The maximum atomic E-state index is 11.4. The van der Waals surface area contributed by atoms with Gasteiger partial charge in [0.15, 0.2) is 5.13 Å². The maximum Gasteiger partial charge on any atom is 0.250 e. The van der Waals surface area contributed by atoms with Gasteiger partial charge in [0.05, 0.1) is 10.2 Å². The number of fused-ring (bicyclic) bond motifs is 1. The highest BCUT2D eigenvalue weighted by molar-refractivity contribution is 7.22. The standard InChI is InChI=1S/C15H13N3O2S.C3H8/c1-8-5-11(7-16-14(8)20)10-3-4-12-13(6-10)21-15(18-12)17-9(2)19;1-3-2/h3-7H,1-2H3,(H,16,20)(H,17,18,19);3H2,1-2H3. The second kappa shape index (κ2) is 7.88. The van der Waals surface area contributed by atoms with Crippen molar-refractivity contribution < 1.29 is 4.79 Å². The van der Waals surface area contributed by atoms with Crippen LogP contribution < -0.4 is 10.9 Å². The first-order chi connectivity index (χ1) is 11.4. The molecule has 0 atom stereocenters. The second-order valence-corrected chi connectivity index (χ2v) is 6.52. The van der Waals surface area contributed by atoms with E-state index in [0.29, 0.717) is 10.7 Å². The average molecular weight is 343 g/mol. The van der Waals surface area contributed by atoms with Gasteiger partial charge in [-0.2, -0.15) is 0 Å². The molecule has 3 rings (SSSR count). The molecule has 24 heavy (non-hydrogen) atoms. The number of pyridine rings is 1. The van der Waals surface area contributed by atoms with Crippen LogP contribution in [0.4, 0.5) is 5.13 Å². The number of carbonyl (C=O) groups is 1. The Morgan fingerprint density at radius 2 is 1.96 bits per heavy atom. The zero-order valence-electron chi connectivity index (χ0n) is 14.3. The highest BCUT2D eigenvalue weighted by Crippen LogP contribution is 2.30. The summed E-state index contributed by atoms with van der Waals surface area (Å²) in [5.41, 5.74) is 3.39. The third-order valence-electron chi connectivity index (χ3n) is 3.09. The number of benzene rings is 1. The van der Waals surface area contributed by atoms with Crippen LogP contribution >= 0.6 is 11.3 Å². The van der Waals surface area contributed by atoms with E-state index in [1.165, 1.54) is 24.7 Å². The van der Waals surface area contributed by atoms with Crippen LogP contribution in [-0.4, -0.2) is 15.9 Å². The van der Waals surface area contributed by atoms with Gasteiger partial charge in [-0.3, -0.25) is 9.59 Å². The van der Waals surface area contributed by atoms with Crippen LogP contribution in [0.3, 0.4) is 0 Å². The zero-order valence-corrected chi connectivity index (χ0v) is 15.1. The van der Waals surface area contributed by atoms with Crippen LogP contribution in [0, 0.1) is 6.92 Å². The van der Waals surface area contributed by atoms with Gasteiger partial charge in [0, 0.05) is 18.7 Å². The minimum Gasteiger partial charge on any atom is -0.328 e. The first kappa shape index (κ1) is 17.9. The molecule has 0 fully saturated rings. The first-order valence-corrected chi connectivity index (χ1v) is 8.64. The monoisotopic (exact) mass is 343 g/mol. The van der Waals surface area contributed by atoms with Crippen LogP contribution in [0.15, 0.2) is 35.3 Å². The van der Waals surface area contributed by atoms with Crippen molar-refractivity contribution in [1.82, 2.24) is 9.97 Å². The Hall–Kier alpha value is -2.47. The highest BCUT2D eigenvalue weighted by Gasteiger charge is 2.07. The van der Waals surface area contributed by atoms with E-state index in [0.717, 1.165) is 21.3 Å². The fourth-order valence-electron chi connectivity index (χ4n) is 2.07. The number of H-pyrrole nitrogens is 1. The molecular weight excluding hydrogens is 322 g/mol. The third-order valence-corrected chi connectivity index (χ3v) is 4.03. The quantitative estimate of drug-likeness (QED) is 0.727. The molecule has 0 spiro atoms. The summed E-state index contributed by atoms with van der Waals surface area (Å²) in [6.07, 6.45) is 2.95. The lowest BCUT2D eigenvalue weighted by molar-refractivity contribution is -0.114. The normalized spacial score (nSPS) is 10.2. The number of anilines is 1. The van der Waals surface area contributed by atoms with E-state index in [4.69, 9.17) is 0 Å². The van der Waals surface area contributed by atoms with Crippen molar-refractivity contribution in [3.8, 4) is 11.1 Å². The lowest BCUT2D eigenvalue weighted by atomic mass is 10.1. The van der Waals surface area contributed by atoms with Crippen molar-refractivity contribution in [2.45, 2.75) is 34.1 Å². The predicted molar refractivity (Wildman–Crippen MR) is 101 cm³/mol. The van der Waals surface area contributed by atoms with E-state index in [1.54, 1.807) is 13.1 Å². The fourth-order valence-corrected chi connectivity index (χ4v) is 3.02. The zero-order chi connectivity index (χ0) is 17.7. The van der Waals surface area contributed by atoms with E-state index >= 15 is 0 Å². The average Bonchev–Trinajstić information content (AvgIpc) is 2.91. The lowest BCUT2D eigenvalue weighted by Gasteiger charge is -2.02. The minimum absolute atomic E-state index is 0.0782. The van der Waals surface area contributed by atoms with Crippen LogP contribution in [-0.2, 0) is 4.79 Å². The molecule has 0 saturated carbocycles. The van der Waals surface area contributed by atoms with Crippen LogP contribution in [0.25, 0.3) is 21.3 Å². The Labute approximate surface area is 144 Å². The fraction of sp³-hybridized carbons (Fsp3) is 0.278. The molecular formula is C18H21N3O2S. The predicted octanol–water partition coefficient (Wildman–Crippen LogP) is 4.33. The number of rotatable bonds is 2. The Kier molecular flexibility index (Phi) is 5.87. The lowest BCUT2D eigenvalue weighted by Crippen LogP contribution is -2.07. The second-order valence-electron chi connectivity index (χ2n) is 5.49. The van der Waals surface area contributed by atoms with E-state index in [2.05, 4.69) is 29.1 Å². The number of amides is 1.